The Morgan fingerprint density at radius 2 is 1.76 bits per heavy atom. The maximum Gasteiger partial charge on any atom is 0.293 e. The first-order chi connectivity index (χ1) is 9.90. The minimum absolute atomic E-state index is 0.0103. The number of carbonyl (C=O) groups is 2. The van der Waals surface area contributed by atoms with Gasteiger partial charge in [-0.1, -0.05) is 0 Å². The molecule has 1 aromatic carbocycles. The summed E-state index contributed by atoms with van der Waals surface area (Å²) in [7, 11) is 0. The third-order valence-electron chi connectivity index (χ3n) is 3.64. The van der Waals surface area contributed by atoms with E-state index in [2.05, 4.69) is 0 Å². The van der Waals surface area contributed by atoms with Crippen molar-refractivity contribution in [3.63, 3.8) is 0 Å². The van der Waals surface area contributed by atoms with E-state index in [0.717, 1.165) is 0 Å². The van der Waals surface area contributed by atoms with Crippen LogP contribution < -0.4 is 4.90 Å². The molecule has 1 fully saturated rings. The molecule has 0 unspecified atom stereocenters. The number of ketones is 1. The molecule has 112 valence electrons. The molecule has 0 N–H and O–H groups in total. The largest absolute Gasteiger partial charge is 0.362 e. The highest BCUT2D eigenvalue weighted by Gasteiger charge is 2.25. The van der Waals surface area contributed by atoms with Crippen LogP contribution in [0.4, 0.5) is 11.4 Å². The number of rotatable bonds is 3. The lowest BCUT2D eigenvalue weighted by molar-refractivity contribution is -0.384. The Labute approximate surface area is 122 Å². The summed E-state index contributed by atoms with van der Waals surface area (Å²) in [6.07, 6.45) is 0. The molecule has 0 saturated carbocycles. The molecule has 0 aromatic heterocycles. The molecule has 1 saturated heterocycles. The Hall–Kier alpha value is -2.44. The monoisotopic (exact) mass is 291 g/mol. The number of Topliss-reactive ketones (excluding diaryl/α,β-unsaturated/α-hetero) is 1. The van der Waals surface area contributed by atoms with Crippen LogP contribution in [-0.2, 0) is 4.79 Å². The lowest BCUT2D eigenvalue weighted by atomic mass is 10.1. The number of nitrogens with zero attached hydrogens (tertiary/aromatic N) is 3. The van der Waals surface area contributed by atoms with Crippen molar-refractivity contribution in [3.05, 3.63) is 33.9 Å². The first-order valence-electron chi connectivity index (χ1n) is 6.70. The van der Waals surface area contributed by atoms with Crippen LogP contribution in [-0.4, -0.2) is 47.7 Å². The van der Waals surface area contributed by atoms with Gasteiger partial charge >= 0.3 is 0 Å². The molecule has 0 spiro atoms. The van der Waals surface area contributed by atoms with Gasteiger partial charge in [0.15, 0.2) is 5.78 Å². The predicted molar refractivity (Wildman–Crippen MR) is 77.6 cm³/mol. The van der Waals surface area contributed by atoms with E-state index < -0.39 is 4.92 Å². The number of anilines is 1. The zero-order chi connectivity index (χ0) is 15.6. The molecule has 0 radical (unpaired) electrons. The minimum Gasteiger partial charge on any atom is -0.362 e. The van der Waals surface area contributed by atoms with Gasteiger partial charge in [-0.05, 0) is 19.1 Å². The molecule has 1 aromatic rings. The third kappa shape index (κ3) is 3.18. The summed E-state index contributed by atoms with van der Waals surface area (Å²) in [5, 5.41) is 11.2. The summed E-state index contributed by atoms with van der Waals surface area (Å²) in [6.45, 7) is 5.06. The Morgan fingerprint density at radius 1 is 1.14 bits per heavy atom. The number of amides is 1. The fraction of sp³-hybridized carbons (Fsp3) is 0.429. The second-order valence-electron chi connectivity index (χ2n) is 5.01. The Balaban J connectivity index is 2.26. The maximum atomic E-state index is 11.3. The molecule has 0 bridgehead atoms. The first kappa shape index (κ1) is 15.0. The van der Waals surface area contributed by atoms with Crippen molar-refractivity contribution in [2.45, 2.75) is 13.8 Å². The van der Waals surface area contributed by atoms with Crippen LogP contribution in [0.3, 0.4) is 0 Å². The van der Waals surface area contributed by atoms with Crippen LogP contribution >= 0.6 is 0 Å². The lowest BCUT2D eigenvalue weighted by Crippen LogP contribution is -2.48. The molecule has 7 heteroatoms. The highest BCUT2D eigenvalue weighted by molar-refractivity contribution is 5.95. The van der Waals surface area contributed by atoms with E-state index in [0.29, 0.717) is 37.4 Å². The van der Waals surface area contributed by atoms with Crippen LogP contribution in [0.5, 0.6) is 0 Å². The van der Waals surface area contributed by atoms with Gasteiger partial charge < -0.3 is 9.80 Å². The number of benzene rings is 1. The summed E-state index contributed by atoms with van der Waals surface area (Å²) in [5.41, 5.74) is 0.750. The number of piperazine rings is 1. The molecule has 21 heavy (non-hydrogen) atoms. The van der Waals surface area contributed by atoms with Gasteiger partial charge in [-0.2, -0.15) is 0 Å². The fourth-order valence-corrected chi connectivity index (χ4v) is 2.42. The summed E-state index contributed by atoms with van der Waals surface area (Å²) >= 11 is 0. The highest BCUT2D eigenvalue weighted by Crippen LogP contribution is 2.30. The quantitative estimate of drug-likeness (QED) is 0.478. The van der Waals surface area contributed by atoms with Crippen molar-refractivity contribution in [3.8, 4) is 0 Å². The van der Waals surface area contributed by atoms with Crippen molar-refractivity contribution in [1.82, 2.24) is 4.90 Å². The van der Waals surface area contributed by atoms with Gasteiger partial charge in [-0.3, -0.25) is 19.7 Å². The SMILES string of the molecule is CC(=O)c1ccc(N2CCN(C(C)=O)CC2)c([N+](=O)[O-])c1. The summed E-state index contributed by atoms with van der Waals surface area (Å²) in [6, 6.07) is 4.52. The fourth-order valence-electron chi connectivity index (χ4n) is 2.42. The molecular formula is C14H17N3O4. The molecule has 0 aliphatic carbocycles. The van der Waals surface area contributed by atoms with Crippen molar-refractivity contribution < 1.29 is 14.5 Å². The molecule has 2 rings (SSSR count). The summed E-state index contributed by atoms with van der Waals surface area (Å²) in [5.74, 6) is -0.192. The third-order valence-corrected chi connectivity index (χ3v) is 3.64. The van der Waals surface area contributed by atoms with E-state index >= 15 is 0 Å². The lowest BCUT2D eigenvalue weighted by Gasteiger charge is -2.35. The number of nitro benzene ring substituents is 1. The van der Waals surface area contributed by atoms with Crippen LogP contribution in [0.25, 0.3) is 0 Å². The van der Waals surface area contributed by atoms with Crippen molar-refractivity contribution in [1.29, 1.82) is 0 Å². The second-order valence-corrected chi connectivity index (χ2v) is 5.01. The molecule has 0 atom stereocenters. The van der Waals surface area contributed by atoms with Crippen molar-refractivity contribution in [2.75, 3.05) is 31.1 Å². The van der Waals surface area contributed by atoms with E-state index in [9.17, 15) is 19.7 Å². The zero-order valence-corrected chi connectivity index (χ0v) is 12.0. The smallest absolute Gasteiger partial charge is 0.293 e. The number of hydrogen-bond donors (Lipinski definition) is 0. The van der Waals surface area contributed by atoms with Gasteiger partial charge in [-0.15, -0.1) is 0 Å². The van der Waals surface area contributed by atoms with Gasteiger partial charge in [0.2, 0.25) is 5.91 Å². The zero-order valence-electron chi connectivity index (χ0n) is 12.0. The van der Waals surface area contributed by atoms with E-state index in [1.165, 1.54) is 19.9 Å². The van der Waals surface area contributed by atoms with Crippen LogP contribution in [0.15, 0.2) is 18.2 Å². The standard InChI is InChI=1S/C14H17N3O4/c1-10(18)12-3-4-13(14(9-12)17(20)21)16-7-5-15(6-8-16)11(2)19/h3-4,9H,5-8H2,1-2H3. The molecular weight excluding hydrogens is 274 g/mol. The normalized spacial score (nSPS) is 15.0. The Morgan fingerprint density at radius 3 is 2.24 bits per heavy atom. The average molecular weight is 291 g/mol. The van der Waals surface area contributed by atoms with Gasteiger partial charge in [0.05, 0.1) is 4.92 Å². The van der Waals surface area contributed by atoms with Gasteiger partial charge in [0.1, 0.15) is 5.69 Å². The van der Waals surface area contributed by atoms with E-state index in [1.807, 2.05) is 4.90 Å². The van der Waals surface area contributed by atoms with Crippen molar-refractivity contribution >= 4 is 23.1 Å². The maximum absolute atomic E-state index is 11.3. The van der Waals surface area contributed by atoms with Crippen LogP contribution in [0.1, 0.15) is 24.2 Å². The van der Waals surface area contributed by atoms with Gasteiger partial charge in [0, 0.05) is 44.7 Å². The topological polar surface area (TPSA) is 83.8 Å². The van der Waals surface area contributed by atoms with E-state index in [4.69, 9.17) is 0 Å². The molecule has 1 aliphatic rings. The number of hydrogen-bond acceptors (Lipinski definition) is 5. The minimum atomic E-state index is -0.473. The summed E-state index contributed by atoms with van der Waals surface area (Å²) < 4.78 is 0. The number of carbonyl (C=O) groups excluding carboxylic acids is 2. The van der Waals surface area contributed by atoms with E-state index in [1.54, 1.807) is 17.0 Å². The highest BCUT2D eigenvalue weighted by atomic mass is 16.6. The molecule has 1 amide bonds. The van der Waals surface area contributed by atoms with Crippen molar-refractivity contribution in [2.24, 2.45) is 0 Å². The number of nitro groups is 1. The predicted octanol–water partition coefficient (Wildman–Crippen LogP) is 1.47. The first-order valence-corrected chi connectivity index (χ1v) is 6.70. The molecule has 1 heterocycles. The Kier molecular flexibility index (Phi) is 4.21. The molecule has 7 nitrogen and oxygen atoms in total. The van der Waals surface area contributed by atoms with Crippen LogP contribution in [0, 0.1) is 10.1 Å². The Bertz CT molecular complexity index is 592. The average Bonchev–Trinajstić information content (AvgIpc) is 2.46. The van der Waals surface area contributed by atoms with Gasteiger partial charge in [-0.25, -0.2) is 0 Å². The van der Waals surface area contributed by atoms with E-state index in [-0.39, 0.29) is 17.4 Å². The summed E-state index contributed by atoms with van der Waals surface area (Å²) in [4.78, 5) is 37.0. The second kappa shape index (κ2) is 5.90. The van der Waals surface area contributed by atoms with Crippen LogP contribution in [0.2, 0.25) is 0 Å². The molecule has 1 aliphatic heterocycles. The van der Waals surface area contributed by atoms with Gasteiger partial charge in [0.25, 0.3) is 5.69 Å².